The molecule has 0 spiro atoms. The summed E-state index contributed by atoms with van der Waals surface area (Å²) in [6, 6.07) is 39.9. The summed E-state index contributed by atoms with van der Waals surface area (Å²) in [6.45, 7) is 0. The van der Waals surface area contributed by atoms with Crippen LogP contribution >= 0.6 is 0 Å². The second-order valence-electron chi connectivity index (χ2n) is 9.40. The van der Waals surface area contributed by atoms with Crippen LogP contribution in [-0.4, -0.2) is 9.13 Å². The Labute approximate surface area is 211 Å². The van der Waals surface area contributed by atoms with Crippen LogP contribution in [-0.2, 0) is 0 Å². The number of nitriles is 1. The fourth-order valence-corrected chi connectivity index (χ4v) is 5.68. The number of hydrogen-bond acceptors (Lipinski definition) is 2. The highest BCUT2D eigenvalue weighted by molar-refractivity contribution is 6.10. The van der Waals surface area contributed by atoms with Gasteiger partial charge in [-0.3, -0.25) is 0 Å². The average Bonchev–Trinajstić information content (AvgIpc) is 3.63. The number of nitrogens with zero attached hydrogens (tertiary/aromatic N) is 3. The topological polar surface area (TPSA) is 46.8 Å². The van der Waals surface area contributed by atoms with E-state index in [9.17, 15) is 5.26 Å². The fourth-order valence-electron chi connectivity index (χ4n) is 5.68. The van der Waals surface area contributed by atoms with E-state index in [-0.39, 0.29) is 0 Å². The molecular weight excluding hydrogens is 454 g/mol. The molecule has 4 nitrogen and oxygen atoms in total. The van der Waals surface area contributed by atoms with E-state index in [0.717, 1.165) is 44.2 Å². The highest BCUT2D eigenvalue weighted by Crippen LogP contribution is 2.36. The number of rotatable bonds is 2. The first kappa shape index (κ1) is 20.0. The average molecular weight is 474 g/mol. The maximum atomic E-state index is 9.26. The van der Waals surface area contributed by atoms with Crippen LogP contribution in [0.15, 0.2) is 120 Å². The first-order valence-corrected chi connectivity index (χ1v) is 12.2. The van der Waals surface area contributed by atoms with E-state index in [0.29, 0.717) is 5.56 Å². The standard InChI is InChI=1S/C33H19N3O/c34-20-21-9-12-29-22(17-21)15-16-35(29)23-10-13-32-27(18-23)28-19-24(11-14-33(28)37-32)36-30-7-3-1-5-25(30)26-6-2-4-8-31(26)36/h1-19H. The Hall–Kier alpha value is -5.27. The summed E-state index contributed by atoms with van der Waals surface area (Å²) >= 11 is 0. The van der Waals surface area contributed by atoms with Gasteiger partial charge in [0.2, 0.25) is 0 Å². The minimum atomic E-state index is 0.666. The van der Waals surface area contributed by atoms with Crippen molar-refractivity contribution in [3.8, 4) is 17.4 Å². The van der Waals surface area contributed by atoms with Gasteiger partial charge < -0.3 is 13.6 Å². The van der Waals surface area contributed by atoms with Gasteiger partial charge in [0.05, 0.1) is 28.2 Å². The quantitative estimate of drug-likeness (QED) is 0.253. The number of furan rings is 1. The molecule has 0 saturated carbocycles. The predicted molar refractivity (Wildman–Crippen MR) is 150 cm³/mol. The fraction of sp³-hybridized carbons (Fsp3) is 0. The van der Waals surface area contributed by atoms with Crippen molar-refractivity contribution in [2.24, 2.45) is 0 Å². The van der Waals surface area contributed by atoms with Crippen LogP contribution in [0.2, 0.25) is 0 Å². The first-order chi connectivity index (χ1) is 18.3. The van der Waals surface area contributed by atoms with Crippen molar-refractivity contribution in [2.75, 3.05) is 0 Å². The number of fused-ring (bicyclic) bond motifs is 7. The number of hydrogen-bond donors (Lipinski definition) is 0. The van der Waals surface area contributed by atoms with Gasteiger partial charge in [-0.15, -0.1) is 0 Å². The molecule has 3 aromatic heterocycles. The lowest BCUT2D eigenvalue weighted by Gasteiger charge is -2.08. The highest BCUT2D eigenvalue weighted by Gasteiger charge is 2.15. The number of benzene rings is 5. The van der Waals surface area contributed by atoms with Gasteiger partial charge in [0.15, 0.2) is 0 Å². The van der Waals surface area contributed by atoms with E-state index in [1.54, 1.807) is 0 Å². The predicted octanol–water partition coefficient (Wildman–Crippen LogP) is 8.50. The van der Waals surface area contributed by atoms with Crippen molar-refractivity contribution in [1.82, 2.24) is 9.13 Å². The van der Waals surface area contributed by atoms with Crippen molar-refractivity contribution in [2.45, 2.75) is 0 Å². The second-order valence-corrected chi connectivity index (χ2v) is 9.40. The molecule has 0 radical (unpaired) electrons. The molecule has 0 fully saturated rings. The zero-order chi connectivity index (χ0) is 24.5. The minimum absolute atomic E-state index is 0.666. The lowest BCUT2D eigenvalue weighted by Crippen LogP contribution is -1.93. The molecule has 0 aliphatic heterocycles. The first-order valence-electron chi connectivity index (χ1n) is 12.2. The van der Waals surface area contributed by atoms with Gasteiger partial charge in [0.1, 0.15) is 11.2 Å². The van der Waals surface area contributed by atoms with E-state index < -0.39 is 0 Å². The second kappa shape index (κ2) is 7.36. The molecule has 0 N–H and O–H groups in total. The van der Waals surface area contributed by atoms with E-state index in [4.69, 9.17) is 4.42 Å². The van der Waals surface area contributed by atoms with Gasteiger partial charge in [-0.1, -0.05) is 36.4 Å². The molecule has 37 heavy (non-hydrogen) atoms. The molecule has 0 bridgehead atoms. The van der Waals surface area contributed by atoms with Crippen molar-refractivity contribution < 1.29 is 4.42 Å². The monoisotopic (exact) mass is 473 g/mol. The van der Waals surface area contributed by atoms with E-state index >= 15 is 0 Å². The van der Waals surface area contributed by atoms with Crippen LogP contribution < -0.4 is 0 Å². The van der Waals surface area contributed by atoms with Crippen molar-refractivity contribution in [1.29, 1.82) is 5.26 Å². The van der Waals surface area contributed by atoms with Crippen LogP contribution in [0.25, 0.3) is 66.0 Å². The van der Waals surface area contributed by atoms with Gasteiger partial charge in [-0.05, 0) is 72.8 Å². The molecule has 8 aromatic rings. The molecule has 0 unspecified atom stereocenters. The smallest absolute Gasteiger partial charge is 0.135 e. The summed E-state index contributed by atoms with van der Waals surface area (Å²) in [5.41, 5.74) is 8.00. The molecule has 0 aliphatic rings. The van der Waals surface area contributed by atoms with Gasteiger partial charge in [-0.25, -0.2) is 0 Å². The lowest BCUT2D eigenvalue weighted by molar-refractivity contribution is 0.669. The molecule has 172 valence electrons. The molecule has 0 saturated heterocycles. The zero-order valence-corrected chi connectivity index (χ0v) is 19.7. The van der Waals surface area contributed by atoms with Gasteiger partial charge in [-0.2, -0.15) is 5.26 Å². The Kier molecular flexibility index (Phi) is 3.98. The Balaban J connectivity index is 1.36. The van der Waals surface area contributed by atoms with Crippen LogP contribution in [0, 0.1) is 11.3 Å². The summed E-state index contributed by atoms with van der Waals surface area (Å²) in [7, 11) is 0. The molecule has 0 atom stereocenters. The third kappa shape index (κ3) is 2.83. The maximum Gasteiger partial charge on any atom is 0.135 e. The molecule has 8 rings (SSSR count). The maximum absolute atomic E-state index is 9.26. The Morgan fingerprint density at radius 3 is 1.92 bits per heavy atom. The minimum Gasteiger partial charge on any atom is -0.456 e. The third-order valence-electron chi connectivity index (χ3n) is 7.37. The van der Waals surface area contributed by atoms with Crippen LogP contribution in [0.1, 0.15) is 5.56 Å². The normalized spacial score (nSPS) is 11.8. The SMILES string of the molecule is N#Cc1ccc2c(ccn2-c2ccc3oc4ccc(-n5c6ccccc6c6ccccc65)cc4c3c2)c1. The molecule has 0 amide bonds. The largest absolute Gasteiger partial charge is 0.456 e. The van der Waals surface area contributed by atoms with Crippen molar-refractivity contribution in [3.63, 3.8) is 0 Å². The summed E-state index contributed by atoms with van der Waals surface area (Å²) in [6.07, 6.45) is 2.05. The molecule has 4 heteroatoms. The Morgan fingerprint density at radius 1 is 0.568 bits per heavy atom. The van der Waals surface area contributed by atoms with E-state index in [1.807, 2.05) is 30.3 Å². The third-order valence-corrected chi connectivity index (χ3v) is 7.37. The Morgan fingerprint density at radius 2 is 1.22 bits per heavy atom. The van der Waals surface area contributed by atoms with Gasteiger partial charge >= 0.3 is 0 Å². The molecule has 0 aliphatic carbocycles. The summed E-state index contributed by atoms with van der Waals surface area (Å²) in [5.74, 6) is 0. The van der Waals surface area contributed by atoms with Crippen molar-refractivity contribution >= 4 is 54.6 Å². The van der Waals surface area contributed by atoms with Crippen LogP contribution in [0.3, 0.4) is 0 Å². The molecule has 5 aromatic carbocycles. The summed E-state index contributed by atoms with van der Waals surface area (Å²) in [5, 5.41) is 15.0. The van der Waals surface area contributed by atoms with Crippen LogP contribution in [0.4, 0.5) is 0 Å². The van der Waals surface area contributed by atoms with Gasteiger partial charge in [0.25, 0.3) is 0 Å². The Bertz CT molecular complexity index is 2170. The number of aromatic nitrogens is 2. The zero-order valence-electron chi connectivity index (χ0n) is 19.7. The lowest BCUT2D eigenvalue weighted by atomic mass is 10.1. The molecular formula is C33H19N3O. The van der Waals surface area contributed by atoms with E-state index in [2.05, 4.69) is 100 Å². The van der Waals surface area contributed by atoms with Crippen molar-refractivity contribution in [3.05, 3.63) is 121 Å². The van der Waals surface area contributed by atoms with E-state index in [1.165, 1.54) is 21.8 Å². The number of para-hydroxylation sites is 2. The van der Waals surface area contributed by atoms with Gasteiger partial charge in [0, 0.05) is 44.5 Å². The summed E-state index contributed by atoms with van der Waals surface area (Å²) < 4.78 is 10.7. The van der Waals surface area contributed by atoms with Crippen LogP contribution in [0.5, 0.6) is 0 Å². The summed E-state index contributed by atoms with van der Waals surface area (Å²) in [4.78, 5) is 0. The molecule has 3 heterocycles. The highest BCUT2D eigenvalue weighted by atomic mass is 16.3.